The summed E-state index contributed by atoms with van der Waals surface area (Å²) in [6.07, 6.45) is 1.08. The van der Waals surface area contributed by atoms with Crippen LogP contribution in [0.15, 0.2) is 0 Å². The third kappa shape index (κ3) is 4.30. The van der Waals surface area contributed by atoms with Gasteiger partial charge in [0.25, 0.3) is 0 Å². The summed E-state index contributed by atoms with van der Waals surface area (Å²) in [6.45, 7) is 9.08. The van der Waals surface area contributed by atoms with Crippen LogP contribution in [-0.2, 0) is 0 Å². The molecule has 0 saturated carbocycles. The highest BCUT2D eigenvalue weighted by atomic mass is 16.6. The second-order valence-corrected chi connectivity index (χ2v) is 4.48. The lowest BCUT2D eigenvalue weighted by Gasteiger charge is -2.19. The zero-order chi connectivity index (χ0) is 15.1. The minimum absolute atomic E-state index is 0.0384. The molecule has 112 valence electrons. The number of rotatable bonds is 8. The van der Waals surface area contributed by atoms with Crippen LogP contribution in [0.25, 0.3) is 0 Å². The quantitative estimate of drug-likeness (QED) is 0.548. The molecule has 1 aromatic rings. The normalized spacial score (nSPS) is 10.8. The lowest BCUT2D eigenvalue weighted by molar-refractivity contribution is -0.385. The number of nitrogens with one attached hydrogen (secondary N) is 1. The largest absolute Gasteiger partial charge is 0.368 e. The molecule has 8 nitrogen and oxygen atoms in total. The van der Waals surface area contributed by atoms with E-state index in [2.05, 4.69) is 34.0 Å². The van der Waals surface area contributed by atoms with Gasteiger partial charge in [-0.05, 0) is 26.4 Å². The molecule has 0 aromatic carbocycles. The lowest BCUT2D eigenvalue weighted by Crippen LogP contribution is -2.30. The van der Waals surface area contributed by atoms with E-state index in [1.54, 1.807) is 6.92 Å². The molecular weight excluding hydrogens is 260 g/mol. The summed E-state index contributed by atoms with van der Waals surface area (Å²) in [7, 11) is 0. The van der Waals surface area contributed by atoms with Crippen molar-refractivity contribution in [2.75, 3.05) is 37.2 Å². The minimum Gasteiger partial charge on any atom is -0.368 e. The first-order valence-electron chi connectivity index (χ1n) is 6.74. The van der Waals surface area contributed by atoms with E-state index >= 15 is 0 Å². The van der Waals surface area contributed by atoms with E-state index in [1.807, 2.05) is 0 Å². The highest BCUT2D eigenvalue weighted by Gasteiger charge is 2.21. The van der Waals surface area contributed by atoms with Gasteiger partial charge < -0.3 is 16.0 Å². The first kappa shape index (κ1) is 16.1. The molecule has 0 aliphatic heterocycles. The fourth-order valence-corrected chi connectivity index (χ4v) is 2.01. The van der Waals surface area contributed by atoms with Crippen LogP contribution in [0.1, 0.15) is 26.0 Å². The van der Waals surface area contributed by atoms with Gasteiger partial charge in [0.1, 0.15) is 5.69 Å². The van der Waals surface area contributed by atoms with Crippen LogP contribution in [0, 0.1) is 17.0 Å². The molecule has 0 unspecified atom stereocenters. The van der Waals surface area contributed by atoms with Crippen LogP contribution < -0.4 is 11.1 Å². The molecular formula is C12H22N6O2. The molecule has 0 bridgehead atoms. The molecule has 0 aliphatic carbocycles. The molecule has 0 radical (unpaired) electrons. The van der Waals surface area contributed by atoms with E-state index in [1.165, 1.54) is 0 Å². The maximum Gasteiger partial charge on any atom is 0.332 e. The topological polar surface area (TPSA) is 110 Å². The van der Waals surface area contributed by atoms with Gasteiger partial charge >= 0.3 is 5.69 Å². The summed E-state index contributed by atoms with van der Waals surface area (Å²) in [5.74, 6) is 0.226. The number of aromatic nitrogens is 2. The van der Waals surface area contributed by atoms with Gasteiger partial charge in [-0.2, -0.15) is 4.98 Å². The molecule has 0 spiro atoms. The monoisotopic (exact) mass is 282 g/mol. The Hall–Kier alpha value is -1.96. The molecule has 0 fully saturated rings. The van der Waals surface area contributed by atoms with Crippen LogP contribution in [0.3, 0.4) is 0 Å². The lowest BCUT2D eigenvalue weighted by atomic mass is 10.3. The average Bonchev–Trinajstić information content (AvgIpc) is 2.36. The van der Waals surface area contributed by atoms with Crippen LogP contribution in [0.4, 0.5) is 17.5 Å². The van der Waals surface area contributed by atoms with Crippen molar-refractivity contribution in [2.45, 2.75) is 27.2 Å². The number of hydrogen-bond donors (Lipinski definition) is 2. The van der Waals surface area contributed by atoms with Crippen molar-refractivity contribution in [1.82, 2.24) is 14.9 Å². The molecule has 0 amide bonds. The van der Waals surface area contributed by atoms with Crippen molar-refractivity contribution >= 4 is 17.5 Å². The zero-order valence-electron chi connectivity index (χ0n) is 12.2. The van der Waals surface area contributed by atoms with Crippen LogP contribution in [-0.4, -0.2) is 46.0 Å². The van der Waals surface area contributed by atoms with Crippen molar-refractivity contribution in [2.24, 2.45) is 0 Å². The zero-order valence-corrected chi connectivity index (χ0v) is 12.2. The summed E-state index contributed by atoms with van der Waals surface area (Å²) in [5, 5.41) is 14.0. The summed E-state index contributed by atoms with van der Waals surface area (Å²) < 4.78 is 0. The Morgan fingerprint density at radius 3 is 2.60 bits per heavy atom. The summed E-state index contributed by atoms with van der Waals surface area (Å²) >= 11 is 0. The highest BCUT2D eigenvalue weighted by Crippen LogP contribution is 2.25. The molecule has 0 saturated heterocycles. The number of nitrogens with two attached hydrogens (primary N) is 1. The SMILES string of the molecule is CCCN(CC)CCNc1nc(N)nc(C)c1[N+](=O)[O-]. The predicted molar refractivity (Wildman–Crippen MR) is 78.7 cm³/mol. The van der Waals surface area contributed by atoms with E-state index in [0.717, 1.165) is 26.1 Å². The third-order valence-electron chi connectivity index (χ3n) is 2.97. The fourth-order valence-electron chi connectivity index (χ4n) is 2.01. The maximum absolute atomic E-state index is 11.0. The van der Waals surface area contributed by atoms with Crippen LogP contribution in [0.5, 0.6) is 0 Å². The molecule has 1 aromatic heterocycles. The van der Waals surface area contributed by atoms with Gasteiger partial charge in [0.15, 0.2) is 0 Å². The van der Waals surface area contributed by atoms with E-state index in [4.69, 9.17) is 5.73 Å². The van der Waals surface area contributed by atoms with E-state index in [-0.39, 0.29) is 23.1 Å². The van der Waals surface area contributed by atoms with Gasteiger partial charge in [-0.15, -0.1) is 0 Å². The van der Waals surface area contributed by atoms with Crippen molar-refractivity contribution in [3.8, 4) is 0 Å². The molecule has 0 aliphatic rings. The number of likely N-dealkylation sites (N-methyl/N-ethyl adjacent to an activating group) is 1. The van der Waals surface area contributed by atoms with Gasteiger partial charge in [0.2, 0.25) is 11.8 Å². The molecule has 1 heterocycles. The molecule has 1 rings (SSSR count). The second-order valence-electron chi connectivity index (χ2n) is 4.48. The number of anilines is 2. The predicted octanol–water partition coefficient (Wildman–Crippen LogP) is 1.42. The van der Waals surface area contributed by atoms with E-state index in [9.17, 15) is 10.1 Å². The Bertz CT molecular complexity index is 466. The molecule has 20 heavy (non-hydrogen) atoms. The Morgan fingerprint density at radius 1 is 1.35 bits per heavy atom. The van der Waals surface area contributed by atoms with Gasteiger partial charge in [0.05, 0.1) is 4.92 Å². The molecule has 0 atom stereocenters. The first-order chi connectivity index (χ1) is 9.49. The van der Waals surface area contributed by atoms with Crippen molar-refractivity contribution < 1.29 is 4.92 Å². The number of nitro groups is 1. The second kappa shape index (κ2) is 7.59. The van der Waals surface area contributed by atoms with Crippen molar-refractivity contribution in [1.29, 1.82) is 0 Å². The summed E-state index contributed by atoms with van der Waals surface area (Å²) in [5.41, 5.74) is 5.69. The number of nitrogens with zero attached hydrogens (tertiary/aromatic N) is 4. The Labute approximate surface area is 118 Å². The van der Waals surface area contributed by atoms with E-state index < -0.39 is 4.92 Å². The van der Waals surface area contributed by atoms with Crippen molar-refractivity contribution in [3.05, 3.63) is 15.8 Å². The molecule has 8 heteroatoms. The van der Waals surface area contributed by atoms with Crippen LogP contribution >= 0.6 is 0 Å². The van der Waals surface area contributed by atoms with Crippen LogP contribution in [0.2, 0.25) is 0 Å². The Balaban J connectivity index is 2.74. The summed E-state index contributed by atoms with van der Waals surface area (Å²) in [4.78, 5) is 20.6. The average molecular weight is 282 g/mol. The van der Waals surface area contributed by atoms with E-state index in [0.29, 0.717) is 6.54 Å². The third-order valence-corrected chi connectivity index (χ3v) is 2.97. The standard InChI is InChI=1S/C12H22N6O2/c1-4-7-17(5-2)8-6-14-11-10(18(19)20)9(3)15-12(13)16-11/h4-8H2,1-3H3,(H3,13,14,15,16). The summed E-state index contributed by atoms with van der Waals surface area (Å²) in [6, 6.07) is 0. The highest BCUT2D eigenvalue weighted by molar-refractivity contribution is 5.60. The van der Waals surface area contributed by atoms with Gasteiger partial charge in [-0.1, -0.05) is 13.8 Å². The van der Waals surface area contributed by atoms with Gasteiger partial charge in [-0.3, -0.25) is 10.1 Å². The number of nitrogen functional groups attached to an aromatic ring is 1. The maximum atomic E-state index is 11.0. The smallest absolute Gasteiger partial charge is 0.332 e. The minimum atomic E-state index is -0.485. The van der Waals surface area contributed by atoms with Gasteiger partial charge in [0, 0.05) is 13.1 Å². The Morgan fingerprint density at radius 2 is 2.05 bits per heavy atom. The number of hydrogen-bond acceptors (Lipinski definition) is 7. The van der Waals surface area contributed by atoms with Crippen molar-refractivity contribution in [3.63, 3.8) is 0 Å². The van der Waals surface area contributed by atoms with Gasteiger partial charge in [-0.25, -0.2) is 4.98 Å². The molecule has 3 N–H and O–H groups in total. The number of aryl methyl sites for hydroxylation is 1. The Kier molecular flexibility index (Phi) is 6.10. The fraction of sp³-hybridized carbons (Fsp3) is 0.667. The first-order valence-corrected chi connectivity index (χ1v) is 6.74.